The van der Waals surface area contributed by atoms with Crippen molar-refractivity contribution in [2.24, 2.45) is 0 Å². The fourth-order valence-corrected chi connectivity index (χ4v) is 5.85. The molecule has 0 atom stereocenters. The summed E-state index contributed by atoms with van der Waals surface area (Å²) in [4.78, 5) is 20.3. The van der Waals surface area contributed by atoms with Gasteiger partial charge in [-0.25, -0.2) is 17.9 Å². The van der Waals surface area contributed by atoms with Crippen molar-refractivity contribution in [2.75, 3.05) is 26.3 Å². The molecule has 38 heavy (non-hydrogen) atoms. The van der Waals surface area contributed by atoms with Gasteiger partial charge in [-0.2, -0.15) is 4.31 Å². The van der Waals surface area contributed by atoms with Gasteiger partial charge in [-0.15, -0.1) is 5.10 Å². The van der Waals surface area contributed by atoms with Gasteiger partial charge in [-0.1, -0.05) is 37.3 Å². The molecule has 0 spiro atoms. The number of aliphatic hydroxyl groups is 1. The Labute approximate surface area is 222 Å². The minimum absolute atomic E-state index is 0.0100. The molecule has 0 aliphatic rings. The lowest BCUT2D eigenvalue weighted by atomic mass is 10.1. The molecule has 0 saturated carbocycles. The summed E-state index contributed by atoms with van der Waals surface area (Å²) < 4.78 is 35.9. The number of ether oxygens (including phenoxy) is 1. The standard InChI is InChI=1S/C27H33N5O5S/c1-4-9-24-28-19(3)25-27(34)29-26(30-32(24)25)22-18-21(12-13-23(22)37-5-2)38(35,36)31(16-17-33)15-14-20-10-7-6-8-11-20/h6-8,10-13,18,33H,4-5,9,14-17H2,1-3H3,(H,29,30,34). The van der Waals surface area contributed by atoms with E-state index in [0.717, 1.165) is 12.0 Å². The van der Waals surface area contributed by atoms with E-state index in [1.807, 2.05) is 44.2 Å². The number of aryl methyl sites for hydroxylation is 2. The van der Waals surface area contributed by atoms with Crippen molar-refractivity contribution in [3.8, 4) is 17.1 Å². The molecule has 0 bridgehead atoms. The molecule has 2 aromatic heterocycles. The fourth-order valence-electron chi connectivity index (χ4n) is 4.39. The third-order valence-electron chi connectivity index (χ3n) is 6.20. The van der Waals surface area contributed by atoms with Crippen molar-refractivity contribution in [3.63, 3.8) is 0 Å². The van der Waals surface area contributed by atoms with Crippen molar-refractivity contribution in [2.45, 2.75) is 44.9 Å². The maximum Gasteiger partial charge on any atom is 0.277 e. The third kappa shape index (κ3) is 5.64. The SMILES string of the molecule is CCCc1nc(C)c2c(=O)[nH]c(-c3cc(S(=O)(=O)N(CCO)CCc4ccccc4)ccc3OCC)nn12. The highest BCUT2D eigenvalue weighted by molar-refractivity contribution is 7.89. The van der Waals surface area contributed by atoms with Gasteiger partial charge in [0, 0.05) is 19.5 Å². The molecule has 2 N–H and O–H groups in total. The second-order valence-corrected chi connectivity index (χ2v) is 10.8. The summed E-state index contributed by atoms with van der Waals surface area (Å²) in [5, 5.41) is 14.2. The first kappa shape index (κ1) is 27.5. The molecule has 202 valence electrons. The van der Waals surface area contributed by atoms with E-state index in [1.54, 1.807) is 13.0 Å². The van der Waals surface area contributed by atoms with E-state index in [1.165, 1.54) is 21.0 Å². The summed E-state index contributed by atoms with van der Waals surface area (Å²) in [7, 11) is -3.98. The van der Waals surface area contributed by atoms with Crippen LogP contribution in [-0.4, -0.2) is 63.7 Å². The average molecular weight is 540 g/mol. The zero-order chi connectivity index (χ0) is 27.3. The summed E-state index contributed by atoms with van der Waals surface area (Å²) in [5.41, 5.74) is 1.89. The minimum atomic E-state index is -3.98. The van der Waals surface area contributed by atoms with Crippen molar-refractivity contribution in [1.82, 2.24) is 23.9 Å². The van der Waals surface area contributed by atoms with Crippen LogP contribution in [0.2, 0.25) is 0 Å². The maximum absolute atomic E-state index is 13.7. The van der Waals surface area contributed by atoms with Crippen LogP contribution in [0.25, 0.3) is 16.9 Å². The predicted molar refractivity (Wildman–Crippen MR) is 145 cm³/mol. The molecule has 0 saturated heterocycles. The summed E-state index contributed by atoms with van der Waals surface area (Å²) in [5.74, 6) is 1.22. The number of benzene rings is 2. The first-order chi connectivity index (χ1) is 18.3. The Morgan fingerprint density at radius 2 is 1.84 bits per heavy atom. The van der Waals surface area contributed by atoms with Crippen LogP contribution in [0.15, 0.2) is 58.2 Å². The smallest absolute Gasteiger partial charge is 0.277 e. The normalized spacial score (nSPS) is 11.9. The monoisotopic (exact) mass is 539 g/mol. The molecule has 0 unspecified atom stereocenters. The number of imidazole rings is 1. The van der Waals surface area contributed by atoms with E-state index in [9.17, 15) is 18.3 Å². The van der Waals surface area contributed by atoms with Gasteiger partial charge in [0.25, 0.3) is 5.56 Å². The molecule has 10 nitrogen and oxygen atoms in total. The number of aromatic amines is 1. The molecule has 0 radical (unpaired) electrons. The van der Waals surface area contributed by atoms with Crippen LogP contribution < -0.4 is 10.3 Å². The number of nitrogens with zero attached hydrogens (tertiary/aromatic N) is 4. The van der Waals surface area contributed by atoms with Gasteiger partial charge in [0.1, 0.15) is 11.6 Å². The molecule has 0 fully saturated rings. The van der Waals surface area contributed by atoms with Crippen LogP contribution >= 0.6 is 0 Å². The lowest BCUT2D eigenvalue weighted by Crippen LogP contribution is -2.35. The van der Waals surface area contributed by atoms with Crippen molar-refractivity contribution >= 4 is 15.5 Å². The number of H-pyrrole nitrogens is 1. The zero-order valence-corrected chi connectivity index (χ0v) is 22.7. The minimum Gasteiger partial charge on any atom is -0.493 e. The van der Waals surface area contributed by atoms with Crippen LogP contribution in [0.3, 0.4) is 0 Å². The van der Waals surface area contributed by atoms with Crippen molar-refractivity contribution in [1.29, 1.82) is 0 Å². The lowest BCUT2D eigenvalue weighted by molar-refractivity contribution is 0.254. The van der Waals surface area contributed by atoms with Crippen LogP contribution in [0.4, 0.5) is 0 Å². The molecule has 2 heterocycles. The lowest BCUT2D eigenvalue weighted by Gasteiger charge is -2.22. The molecular weight excluding hydrogens is 506 g/mol. The number of hydrogen-bond donors (Lipinski definition) is 2. The van der Waals surface area contributed by atoms with Gasteiger partial charge >= 0.3 is 0 Å². The number of rotatable bonds is 12. The van der Waals surface area contributed by atoms with Gasteiger partial charge in [-0.3, -0.25) is 4.79 Å². The summed E-state index contributed by atoms with van der Waals surface area (Å²) in [6.07, 6.45) is 1.95. The van der Waals surface area contributed by atoms with Crippen LogP contribution in [0.1, 0.15) is 37.4 Å². The molecular formula is C27H33N5O5S. The van der Waals surface area contributed by atoms with Gasteiger partial charge in [0.2, 0.25) is 10.0 Å². The van der Waals surface area contributed by atoms with Crippen molar-refractivity contribution < 1.29 is 18.3 Å². The number of nitrogens with one attached hydrogen (secondary N) is 1. The highest BCUT2D eigenvalue weighted by Gasteiger charge is 2.26. The second kappa shape index (κ2) is 11.9. The summed E-state index contributed by atoms with van der Waals surface area (Å²) >= 11 is 0. The second-order valence-electron chi connectivity index (χ2n) is 8.88. The molecule has 0 aliphatic carbocycles. The third-order valence-corrected chi connectivity index (χ3v) is 8.10. The average Bonchev–Trinajstić information content (AvgIpc) is 3.22. The van der Waals surface area contributed by atoms with Gasteiger partial charge < -0.3 is 14.8 Å². The Kier molecular flexibility index (Phi) is 8.60. The fraction of sp³-hybridized carbons (Fsp3) is 0.370. The van der Waals surface area contributed by atoms with E-state index in [2.05, 4.69) is 15.1 Å². The Bertz CT molecular complexity index is 1560. The van der Waals surface area contributed by atoms with E-state index in [-0.39, 0.29) is 36.0 Å². The Morgan fingerprint density at radius 3 is 2.53 bits per heavy atom. The summed E-state index contributed by atoms with van der Waals surface area (Å²) in [6.45, 7) is 5.77. The largest absolute Gasteiger partial charge is 0.493 e. The van der Waals surface area contributed by atoms with Crippen LogP contribution in [0, 0.1) is 6.92 Å². The molecule has 4 aromatic rings. The number of sulfonamides is 1. The van der Waals surface area contributed by atoms with E-state index in [4.69, 9.17) is 4.74 Å². The number of hydrogen-bond acceptors (Lipinski definition) is 7. The quantitative estimate of drug-likeness (QED) is 0.283. The Morgan fingerprint density at radius 1 is 1.08 bits per heavy atom. The molecule has 0 amide bonds. The van der Waals surface area contributed by atoms with E-state index in [0.29, 0.717) is 47.8 Å². The number of aliphatic hydroxyl groups excluding tert-OH is 1. The molecule has 11 heteroatoms. The zero-order valence-electron chi connectivity index (χ0n) is 21.8. The molecule has 4 rings (SSSR count). The Balaban J connectivity index is 1.79. The summed E-state index contributed by atoms with van der Waals surface area (Å²) in [6, 6.07) is 14.1. The number of fused-ring (bicyclic) bond motifs is 1. The van der Waals surface area contributed by atoms with E-state index >= 15 is 0 Å². The first-order valence-corrected chi connectivity index (χ1v) is 14.1. The van der Waals surface area contributed by atoms with Crippen LogP contribution in [0.5, 0.6) is 5.75 Å². The first-order valence-electron chi connectivity index (χ1n) is 12.7. The van der Waals surface area contributed by atoms with Gasteiger partial charge in [-0.05, 0) is 50.5 Å². The highest BCUT2D eigenvalue weighted by atomic mass is 32.2. The van der Waals surface area contributed by atoms with Crippen molar-refractivity contribution in [3.05, 3.63) is 76.0 Å². The molecule has 0 aliphatic heterocycles. The van der Waals surface area contributed by atoms with Gasteiger partial charge in [0.05, 0.1) is 29.4 Å². The van der Waals surface area contributed by atoms with E-state index < -0.39 is 10.0 Å². The van der Waals surface area contributed by atoms with Crippen LogP contribution in [-0.2, 0) is 22.9 Å². The number of aromatic nitrogens is 4. The predicted octanol–water partition coefficient (Wildman–Crippen LogP) is 2.97. The highest BCUT2D eigenvalue weighted by Crippen LogP contribution is 2.31. The molecule has 2 aromatic carbocycles. The topological polar surface area (TPSA) is 130 Å². The Hall–Kier alpha value is -3.54. The maximum atomic E-state index is 13.7. The van der Waals surface area contributed by atoms with Gasteiger partial charge in [0.15, 0.2) is 11.3 Å².